The molecule has 84 valence electrons. The first kappa shape index (κ1) is 11.6. The predicted molar refractivity (Wildman–Crippen MR) is 54.7 cm³/mol. The number of nitro groups is 1. The second kappa shape index (κ2) is 4.88. The maximum absolute atomic E-state index is 10.6. The summed E-state index contributed by atoms with van der Waals surface area (Å²) in [6.07, 6.45) is 1.40. The highest BCUT2D eigenvalue weighted by Gasteiger charge is 2.16. The fraction of sp³-hybridized carbons (Fsp3) is 0.667. The Labute approximate surface area is 88.0 Å². The number of aryl methyl sites for hydroxylation is 1. The molecule has 0 bridgehead atoms. The summed E-state index contributed by atoms with van der Waals surface area (Å²) in [6.45, 7) is 6.50. The fourth-order valence-electron chi connectivity index (χ4n) is 1.26. The van der Waals surface area contributed by atoms with E-state index in [9.17, 15) is 10.1 Å². The Morgan fingerprint density at radius 2 is 2.33 bits per heavy atom. The van der Waals surface area contributed by atoms with Crippen LogP contribution in [0.5, 0.6) is 0 Å². The molecule has 6 heteroatoms. The first-order valence-electron chi connectivity index (χ1n) is 4.80. The Balaban J connectivity index is 2.66. The highest BCUT2D eigenvalue weighted by Crippen LogP contribution is 2.13. The molecule has 0 spiro atoms. The first-order chi connectivity index (χ1) is 7.02. The fourth-order valence-corrected chi connectivity index (χ4v) is 1.26. The van der Waals surface area contributed by atoms with Crippen molar-refractivity contribution >= 4 is 5.82 Å². The lowest BCUT2D eigenvalue weighted by Crippen LogP contribution is -2.13. The quantitative estimate of drug-likeness (QED) is 0.549. The molecule has 1 rings (SSSR count). The Morgan fingerprint density at radius 3 is 2.87 bits per heavy atom. The monoisotopic (exact) mass is 213 g/mol. The van der Waals surface area contributed by atoms with Gasteiger partial charge in [0.15, 0.2) is 5.82 Å². The first-order valence-corrected chi connectivity index (χ1v) is 4.80. The molecule has 0 saturated carbocycles. The molecule has 1 aromatic rings. The van der Waals surface area contributed by atoms with Gasteiger partial charge in [0, 0.05) is 6.92 Å². The van der Waals surface area contributed by atoms with Gasteiger partial charge >= 0.3 is 5.82 Å². The van der Waals surface area contributed by atoms with E-state index in [-0.39, 0.29) is 11.9 Å². The normalized spacial score (nSPS) is 10.9. The van der Waals surface area contributed by atoms with E-state index in [1.54, 1.807) is 11.5 Å². The molecule has 0 N–H and O–H groups in total. The van der Waals surface area contributed by atoms with Gasteiger partial charge < -0.3 is 14.9 Å². The zero-order chi connectivity index (χ0) is 11.4. The third kappa shape index (κ3) is 3.02. The van der Waals surface area contributed by atoms with Gasteiger partial charge in [0.05, 0.1) is 12.7 Å². The molecule has 0 amide bonds. The zero-order valence-electron chi connectivity index (χ0n) is 9.14. The molecule has 0 aliphatic rings. The average molecular weight is 213 g/mol. The van der Waals surface area contributed by atoms with Gasteiger partial charge in [-0.05, 0) is 18.8 Å². The van der Waals surface area contributed by atoms with Gasteiger partial charge in [0.1, 0.15) is 12.7 Å². The van der Waals surface area contributed by atoms with Crippen LogP contribution in [-0.4, -0.2) is 27.2 Å². The second-order valence-electron chi connectivity index (χ2n) is 3.49. The zero-order valence-corrected chi connectivity index (χ0v) is 9.14. The molecule has 0 aromatic carbocycles. The molecular weight excluding hydrogens is 198 g/mol. The largest absolute Gasteiger partial charge is 0.375 e. The maximum atomic E-state index is 10.6. The topological polar surface area (TPSA) is 70.2 Å². The minimum Gasteiger partial charge on any atom is -0.375 e. The van der Waals surface area contributed by atoms with Crippen LogP contribution in [0.25, 0.3) is 0 Å². The molecule has 15 heavy (non-hydrogen) atoms. The summed E-state index contributed by atoms with van der Waals surface area (Å²) in [5, 5.41) is 10.6. The Morgan fingerprint density at radius 1 is 1.67 bits per heavy atom. The van der Waals surface area contributed by atoms with Crippen LogP contribution < -0.4 is 0 Å². The number of imidazole rings is 1. The third-order valence-corrected chi connectivity index (χ3v) is 1.99. The molecule has 0 atom stereocenters. The van der Waals surface area contributed by atoms with E-state index < -0.39 is 4.92 Å². The lowest BCUT2D eigenvalue weighted by Gasteiger charge is -2.07. The molecule has 0 aliphatic carbocycles. The van der Waals surface area contributed by atoms with Crippen molar-refractivity contribution in [3.63, 3.8) is 0 Å². The van der Waals surface area contributed by atoms with Crippen LogP contribution >= 0.6 is 0 Å². The van der Waals surface area contributed by atoms with Crippen molar-refractivity contribution in [3.8, 4) is 0 Å². The van der Waals surface area contributed by atoms with E-state index >= 15 is 0 Å². The Hall–Kier alpha value is -1.43. The number of hydrogen-bond donors (Lipinski definition) is 0. The lowest BCUT2D eigenvalue weighted by atomic mass is 10.5. The van der Waals surface area contributed by atoms with Crippen LogP contribution in [0.15, 0.2) is 6.20 Å². The molecule has 1 aromatic heterocycles. The summed E-state index contributed by atoms with van der Waals surface area (Å²) >= 11 is 0. The molecule has 0 saturated heterocycles. The summed E-state index contributed by atoms with van der Waals surface area (Å²) in [4.78, 5) is 14.1. The van der Waals surface area contributed by atoms with Crippen LogP contribution in [0.3, 0.4) is 0 Å². The van der Waals surface area contributed by atoms with Crippen LogP contribution in [0, 0.1) is 17.0 Å². The average Bonchev–Trinajstić information content (AvgIpc) is 2.47. The van der Waals surface area contributed by atoms with Crippen molar-refractivity contribution in [2.75, 3.05) is 6.61 Å². The SMILES string of the molecule is Cc1ncc([N+](=O)[O-])n1CCOC(C)C. The molecule has 0 radical (unpaired) electrons. The van der Waals surface area contributed by atoms with Crippen molar-refractivity contribution < 1.29 is 9.66 Å². The lowest BCUT2D eigenvalue weighted by molar-refractivity contribution is -0.392. The van der Waals surface area contributed by atoms with Crippen LogP contribution in [-0.2, 0) is 11.3 Å². The van der Waals surface area contributed by atoms with Gasteiger partial charge in [-0.2, -0.15) is 0 Å². The maximum Gasteiger partial charge on any atom is 0.342 e. The molecule has 1 heterocycles. The van der Waals surface area contributed by atoms with Crippen LogP contribution in [0.2, 0.25) is 0 Å². The number of nitrogens with zero attached hydrogens (tertiary/aromatic N) is 3. The van der Waals surface area contributed by atoms with Gasteiger partial charge in [-0.1, -0.05) is 0 Å². The van der Waals surface area contributed by atoms with Crippen LogP contribution in [0.4, 0.5) is 5.82 Å². The van der Waals surface area contributed by atoms with Gasteiger partial charge in [0.2, 0.25) is 0 Å². The number of aromatic nitrogens is 2. The van der Waals surface area contributed by atoms with Gasteiger partial charge in [-0.15, -0.1) is 0 Å². The smallest absolute Gasteiger partial charge is 0.342 e. The van der Waals surface area contributed by atoms with Crippen molar-refractivity contribution in [3.05, 3.63) is 22.1 Å². The van der Waals surface area contributed by atoms with Gasteiger partial charge in [0.25, 0.3) is 0 Å². The Bertz CT molecular complexity index is 346. The Kier molecular flexibility index (Phi) is 3.79. The molecule has 0 fully saturated rings. The number of hydrogen-bond acceptors (Lipinski definition) is 4. The van der Waals surface area contributed by atoms with Crippen molar-refractivity contribution in [2.45, 2.75) is 33.4 Å². The van der Waals surface area contributed by atoms with E-state index in [1.807, 2.05) is 13.8 Å². The third-order valence-electron chi connectivity index (χ3n) is 1.99. The predicted octanol–water partition coefficient (Wildman–Crippen LogP) is 1.52. The van der Waals surface area contributed by atoms with Crippen molar-refractivity contribution in [1.29, 1.82) is 0 Å². The van der Waals surface area contributed by atoms with E-state index in [0.29, 0.717) is 19.0 Å². The molecule has 0 aliphatic heterocycles. The summed E-state index contributed by atoms with van der Waals surface area (Å²) in [5.41, 5.74) is 0. The van der Waals surface area contributed by atoms with Gasteiger partial charge in [-0.25, -0.2) is 9.55 Å². The summed E-state index contributed by atoms with van der Waals surface area (Å²) in [7, 11) is 0. The highest BCUT2D eigenvalue weighted by atomic mass is 16.6. The molecule has 0 unspecified atom stereocenters. The standard InChI is InChI=1S/C9H15N3O3/c1-7(2)15-5-4-11-8(3)10-6-9(11)12(13)14/h6-7H,4-5H2,1-3H3. The van der Waals surface area contributed by atoms with E-state index in [1.165, 1.54) is 6.20 Å². The number of ether oxygens (including phenoxy) is 1. The number of rotatable bonds is 5. The van der Waals surface area contributed by atoms with Gasteiger partial charge in [-0.3, -0.25) is 0 Å². The minimum absolute atomic E-state index is 0.0138. The van der Waals surface area contributed by atoms with E-state index in [2.05, 4.69) is 4.98 Å². The molecule has 6 nitrogen and oxygen atoms in total. The van der Waals surface area contributed by atoms with E-state index in [4.69, 9.17) is 4.74 Å². The molecular formula is C9H15N3O3. The van der Waals surface area contributed by atoms with Crippen LogP contribution in [0.1, 0.15) is 19.7 Å². The summed E-state index contributed by atoms with van der Waals surface area (Å²) in [5.74, 6) is 0.647. The van der Waals surface area contributed by atoms with E-state index in [0.717, 1.165) is 0 Å². The van der Waals surface area contributed by atoms with Crippen molar-refractivity contribution in [1.82, 2.24) is 9.55 Å². The highest BCUT2D eigenvalue weighted by molar-refractivity contribution is 5.18. The van der Waals surface area contributed by atoms with Crippen molar-refractivity contribution in [2.24, 2.45) is 0 Å². The summed E-state index contributed by atoms with van der Waals surface area (Å²) < 4.78 is 6.88. The second-order valence-corrected chi connectivity index (χ2v) is 3.49. The summed E-state index contributed by atoms with van der Waals surface area (Å²) in [6, 6.07) is 0. The minimum atomic E-state index is -0.435.